The van der Waals surface area contributed by atoms with Crippen LogP contribution >= 0.6 is 0 Å². The first-order valence-corrected chi connectivity index (χ1v) is 48.4. The summed E-state index contributed by atoms with van der Waals surface area (Å²) in [5, 5.41) is 29.3. The van der Waals surface area contributed by atoms with Crippen LogP contribution in [0.25, 0.3) is 33.1 Å². The molecule has 3 aliphatic heterocycles. The lowest BCUT2D eigenvalue weighted by Gasteiger charge is -2.34. The predicted octanol–water partition coefficient (Wildman–Crippen LogP) is 14.9. The number of carbonyl (C=O) groups is 7. The third-order valence-corrected chi connectivity index (χ3v) is 29.2. The number of likely N-dealkylation sites (tertiary alicyclic amines) is 2. The number of rotatable bonds is 36. The monoisotopic (exact) mass is 1800 g/mol. The smallest absolute Gasteiger partial charge is 0.263 e. The topological polar surface area (TPSA) is 403 Å². The van der Waals surface area contributed by atoms with Crippen molar-refractivity contribution in [3.05, 3.63) is 155 Å². The second kappa shape index (κ2) is 44.1. The van der Waals surface area contributed by atoms with Crippen molar-refractivity contribution in [3.63, 3.8) is 0 Å². The first kappa shape index (κ1) is 95.4. The molecule has 0 radical (unpaired) electrons. The highest BCUT2D eigenvalue weighted by molar-refractivity contribution is 6.01. The number of aryl methyl sites for hydroxylation is 3. The summed E-state index contributed by atoms with van der Waals surface area (Å²) in [5.74, 6) is 6.17. The number of fused-ring (bicyclic) bond motifs is 5. The van der Waals surface area contributed by atoms with E-state index in [9.17, 15) is 47.9 Å². The van der Waals surface area contributed by atoms with Crippen molar-refractivity contribution in [1.29, 1.82) is 0 Å². The maximum Gasteiger partial charge on any atom is 0.263 e. The lowest BCUT2D eigenvalue weighted by molar-refractivity contribution is -0.136. The molecule has 4 atom stereocenters. The van der Waals surface area contributed by atoms with Gasteiger partial charge in [0.15, 0.2) is 23.1 Å². The van der Waals surface area contributed by atoms with E-state index in [0.29, 0.717) is 149 Å². The zero-order chi connectivity index (χ0) is 92.8. The number of nitrogens with one attached hydrogen (secondary N) is 4. The summed E-state index contributed by atoms with van der Waals surface area (Å²) in [6.45, 7) is 21.2. The van der Waals surface area contributed by atoms with E-state index in [4.69, 9.17) is 30.2 Å². The minimum Gasteiger partial charge on any atom is -0.389 e. The van der Waals surface area contributed by atoms with Crippen molar-refractivity contribution in [2.45, 2.75) is 271 Å². The molecule has 5 aliphatic carbocycles. The number of hydroxylamine groups is 1. The van der Waals surface area contributed by atoms with E-state index in [1.165, 1.54) is 57.8 Å². The quantitative estimate of drug-likeness (QED) is 0.00919. The number of aliphatic hydroxyl groups excluding tert-OH is 1. The third-order valence-electron chi connectivity index (χ3n) is 29.2. The highest BCUT2D eigenvalue weighted by Gasteiger charge is 2.43. The number of carbonyl (C=O) groups excluding carboxylic acids is 7. The maximum absolute atomic E-state index is 13.5. The van der Waals surface area contributed by atoms with Crippen molar-refractivity contribution in [2.24, 2.45) is 23.7 Å². The Morgan fingerprint density at radius 3 is 1.15 bits per heavy atom. The molecule has 0 spiro atoms. The molecule has 32 heteroatoms. The molecule has 17 rings (SSSR count). The number of ketones is 5. The zero-order valence-corrected chi connectivity index (χ0v) is 77.7. The predicted molar refractivity (Wildman–Crippen MR) is 506 cm³/mol. The lowest BCUT2D eigenvalue weighted by Crippen LogP contribution is -2.50. The summed E-state index contributed by atoms with van der Waals surface area (Å²) >= 11 is 0. The Morgan fingerprint density at radius 2 is 0.795 bits per heavy atom. The fraction of sp³-hybridized carbons (Fsp3) is 0.570. The first-order valence-electron chi connectivity index (χ1n) is 48.4. The Balaban J connectivity index is 0.000000151. The zero-order valence-electron chi connectivity index (χ0n) is 77.7. The van der Waals surface area contributed by atoms with Crippen molar-refractivity contribution >= 4 is 109 Å². The molecule has 5 saturated carbocycles. The summed E-state index contributed by atoms with van der Waals surface area (Å²) in [4.78, 5) is 175. The second-order valence-corrected chi connectivity index (χ2v) is 38.2. The SMILES string of the molecule is CC(=O)c1c(C)c2cnc(Nc3ccc(C4CC5CN(CCCC(=O)CO)CC5C4)cn3)nc2n(C2CCCC2)c1=O.CC(=O)c1c(C)c2cnc(Nc3ccc(C4CC5CN(CCCCCCC(=O)NO)CC5C4)cn3)nc2n(C2CCCC2)c1=O.CCC(=O)CCCCCCN1CCN(Cc2ccc(Nc3ncc4c(C)c(C(C)=O)c(=O)n(C5CCCC5)c4n3)nc2)C(=O)C1. The van der Waals surface area contributed by atoms with Crippen LogP contribution in [-0.4, -0.2) is 201 Å². The molecule has 9 aromatic rings. The Hall–Kier alpha value is -11.2. The molecule has 8 fully saturated rings. The molecule has 702 valence electrons. The maximum atomic E-state index is 13.5. The van der Waals surface area contributed by atoms with E-state index in [2.05, 4.69) is 67.7 Å². The van der Waals surface area contributed by atoms with Crippen LogP contribution in [0, 0.1) is 44.4 Å². The van der Waals surface area contributed by atoms with Gasteiger partial charge in [-0.1, -0.05) is 89.3 Å². The molecular weight excluding hydrogens is 1670 g/mol. The number of hydrogen-bond donors (Lipinski definition) is 6. The number of anilines is 6. The normalized spacial score (nSPS) is 20.1. The van der Waals surface area contributed by atoms with E-state index in [0.717, 1.165) is 215 Å². The Labute approximate surface area is 770 Å². The van der Waals surface area contributed by atoms with Gasteiger partial charge in [0.1, 0.15) is 46.8 Å². The second-order valence-electron chi connectivity index (χ2n) is 38.2. The average molecular weight is 1800 g/mol. The van der Waals surface area contributed by atoms with Crippen LogP contribution in [0.1, 0.15) is 308 Å². The van der Waals surface area contributed by atoms with Crippen molar-refractivity contribution < 1.29 is 43.9 Å². The average Bonchev–Trinajstić information content (AvgIpc) is 0.889. The minimum atomic E-state index is -0.351. The van der Waals surface area contributed by atoms with Gasteiger partial charge in [-0.2, -0.15) is 15.0 Å². The van der Waals surface area contributed by atoms with Gasteiger partial charge < -0.3 is 35.8 Å². The van der Waals surface area contributed by atoms with Gasteiger partial charge in [0, 0.05) is 143 Å². The number of amides is 2. The van der Waals surface area contributed by atoms with Gasteiger partial charge in [-0.3, -0.25) is 71.8 Å². The molecule has 12 heterocycles. The molecule has 9 aromatic heterocycles. The molecule has 2 amide bonds. The van der Waals surface area contributed by atoms with Crippen LogP contribution in [0.5, 0.6) is 0 Å². The fourth-order valence-electron chi connectivity index (χ4n) is 22.1. The van der Waals surface area contributed by atoms with Crippen LogP contribution in [-0.2, 0) is 25.7 Å². The first-order chi connectivity index (χ1) is 63.9. The number of Topliss-reactive ketones (excluding diaryl/α,β-unsaturated/α-hetero) is 5. The Morgan fingerprint density at radius 1 is 0.424 bits per heavy atom. The van der Waals surface area contributed by atoms with Crippen molar-refractivity contribution in [3.8, 4) is 0 Å². The molecule has 132 heavy (non-hydrogen) atoms. The highest BCUT2D eigenvalue weighted by atomic mass is 16.5. The van der Waals surface area contributed by atoms with Crippen LogP contribution in [0.4, 0.5) is 35.3 Å². The lowest BCUT2D eigenvalue weighted by atomic mass is 9.97. The summed E-state index contributed by atoms with van der Waals surface area (Å²) in [6, 6.07) is 12.1. The third kappa shape index (κ3) is 22.7. The van der Waals surface area contributed by atoms with E-state index in [-0.39, 0.29) is 93.0 Å². The molecule has 8 aliphatic rings. The molecular formula is C100H130N20O12. The fourth-order valence-corrected chi connectivity index (χ4v) is 22.1. The number of hydrogen-bond acceptors (Lipinski definition) is 27. The number of piperazine rings is 1. The van der Waals surface area contributed by atoms with Gasteiger partial charge in [0.05, 0.1) is 23.2 Å². The van der Waals surface area contributed by atoms with Gasteiger partial charge in [0.2, 0.25) is 29.7 Å². The highest BCUT2D eigenvalue weighted by Crippen LogP contribution is 2.48. The van der Waals surface area contributed by atoms with E-state index >= 15 is 0 Å². The number of aromatic nitrogens is 12. The van der Waals surface area contributed by atoms with Crippen molar-refractivity contribution in [2.75, 3.05) is 88.0 Å². The van der Waals surface area contributed by atoms with Crippen LogP contribution in [0.2, 0.25) is 0 Å². The van der Waals surface area contributed by atoms with E-state index in [1.807, 2.05) is 48.5 Å². The number of unbranched alkanes of at least 4 members (excludes halogenated alkanes) is 6. The minimum absolute atomic E-state index is 0.0109. The van der Waals surface area contributed by atoms with Crippen LogP contribution < -0.4 is 38.1 Å². The number of pyridine rings is 6. The summed E-state index contributed by atoms with van der Waals surface area (Å²) in [5.41, 5.74) is 8.59. The number of aliphatic hydroxyl groups is 1. The molecule has 0 bridgehead atoms. The Bertz CT molecular complexity index is 5840. The van der Waals surface area contributed by atoms with Gasteiger partial charge in [-0.15, -0.1) is 0 Å². The van der Waals surface area contributed by atoms with Gasteiger partial charge in [-0.05, 0) is 245 Å². The Kier molecular flexibility index (Phi) is 31.9. The molecule has 3 saturated heterocycles. The van der Waals surface area contributed by atoms with Gasteiger partial charge >= 0.3 is 0 Å². The largest absolute Gasteiger partial charge is 0.389 e. The van der Waals surface area contributed by atoms with Crippen LogP contribution in [0.3, 0.4) is 0 Å². The van der Waals surface area contributed by atoms with Crippen molar-refractivity contribution in [1.82, 2.24) is 83.6 Å². The van der Waals surface area contributed by atoms with E-state index in [1.54, 1.807) is 64.7 Å². The van der Waals surface area contributed by atoms with E-state index < -0.39 is 0 Å². The van der Waals surface area contributed by atoms with Gasteiger partial charge in [0.25, 0.3) is 16.7 Å². The summed E-state index contributed by atoms with van der Waals surface area (Å²) in [6.07, 6.45) is 38.4. The molecule has 32 nitrogen and oxygen atoms in total. The number of nitrogens with zero attached hydrogens (tertiary/aromatic N) is 16. The summed E-state index contributed by atoms with van der Waals surface area (Å²) < 4.78 is 5.15. The molecule has 0 aromatic carbocycles. The standard InChI is InChI=1S/2C34H45N7O4.C32H40N6O4/c1-21-28-18-36-34(38-32(28)41(27-9-6-7-10-27)33(44)31(21)22(2)42)37-29-13-12-23(17-35-29)24-15-25-19-40(20-26(25)16-24)14-8-4-3-5-11-30(43)39-45;1-4-27(43)13-7-5-6-10-16-39-17-18-40(30(44)22-39)21-25-14-15-29(35-19-25)37-34-36-20-28-23(2)31(24(3)42)33(45)41(32(28)38-34)26-11-8-9-12-26;1-19-27-15-34-32(36-30(27)38(25-6-3-4-7-25)31(42)29(19)20(2)40)35-28-10-9-21(14-33-28)22-12-23-16-37(17-24(23)13-22)11-5-8-26(41)18-39/h12-13,17-18,24-27,45H,3-11,14-16,19-20H2,1-2H3,(H,39,43)(H,35,36,37,38);14-15,19-20,26H,4-13,16-18,21-22H2,1-3H3,(H,35,36,37,38);9-10,14-15,22-25,39H,3-8,11-13,16-18H2,1-2H3,(H,33,34,35,36). The van der Waals surface area contributed by atoms with Crippen LogP contribution in [0.15, 0.2) is 88.0 Å². The summed E-state index contributed by atoms with van der Waals surface area (Å²) in [7, 11) is 0. The van der Waals surface area contributed by atoms with Gasteiger partial charge in [-0.25, -0.2) is 35.4 Å². The molecule has 4 unspecified atom stereocenters. The molecule has 6 N–H and O–H groups in total.